The number of hydrogen-bond acceptors (Lipinski definition) is 26. The number of phenolic OH excluding ortho intramolecular Hbond substituents is 6. The van der Waals surface area contributed by atoms with Crippen LogP contribution in [0.1, 0.15) is 36.8 Å². The second-order valence-corrected chi connectivity index (χ2v) is 28.6. The van der Waals surface area contributed by atoms with Crippen molar-refractivity contribution in [3.05, 3.63) is 342 Å². The van der Waals surface area contributed by atoms with Crippen molar-refractivity contribution >= 4 is 168 Å². The molecule has 0 aliphatic carbocycles. The minimum atomic E-state index is 0. The Hall–Kier alpha value is -13.8. The summed E-state index contributed by atoms with van der Waals surface area (Å²) in [5, 5.41) is 123. The first-order valence-corrected chi connectivity index (χ1v) is 40.0. The third-order valence-electron chi connectivity index (χ3n) is 18.1. The number of benzene rings is 12. The van der Waals surface area contributed by atoms with Gasteiger partial charge in [0, 0.05) is 132 Å². The topological polar surface area (TPSA) is 356 Å². The third-order valence-corrected chi connectivity index (χ3v) is 19.2. The number of phenols is 6. The normalized spacial score (nSPS) is 11.0. The summed E-state index contributed by atoms with van der Waals surface area (Å²) < 4.78 is 5.70. The van der Waals surface area contributed by atoms with E-state index in [4.69, 9.17) is 27.9 Å². The number of aryl methyl sites for hydroxylation is 3. The summed E-state index contributed by atoms with van der Waals surface area (Å²) in [7, 11) is 0. The van der Waals surface area contributed by atoms with E-state index in [-0.39, 0.29) is 98.7 Å². The summed E-state index contributed by atoms with van der Waals surface area (Å²) in [6, 6.07) is 88.8. The van der Waals surface area contributed by atoms with Crippen LogP contribution < -0.4 is 4.74 Å². The zero-order valence-electron chi connectivity index (χ0n) is 68.6. The number of rotatable bonds is 16. The molecule has 6 aromatic heterocycles. The quantitative estimate of drug-likeness (QED) is 0.0298. The molecule has 0 saturated heterocycles. The van der Waals surface area contributed by atoms with E-state index in [0.29, 0.717) is 84.9 Å². The van der Waals surface area contributed by atoms with Crippen molar-refractivity contribution in [2.75, 3.05) is 6.61 Å². The van der Waals surface area contributed by atoms with Crippen molar-refractivity contribution in [1.29, 1.82) is 0 Å². The molecule has 0 atom stereocenters. The van der Waals surface area contributed by atoms with Crippen LogP contribution in [0.4, 0.5) is 68.3 Å². The minimum Gasteiger partial charge on any atom is -0.506 e. The number of thiazole rings is 1. The third kappa shape index (κ3) is 25.7. The first-order chi connectivity index (χ1) is 60.0. The number of halogens is 2. The molecule has 12 aromatic carbocycles. The van der Waals surface area contributed by atoms with Crippen molar-refractivity contribution in [1.82, 2.24) is 29.9 Å². The average Bonchev–Trinajstić information content (AvgIpc) is 0.882. The molecular formula is C95H76Cl2N18O7SZn3. The fourth-order valence-electron chi connectivity index (χ4n) is 12.1. The van der Waals surface area contributed by atoms with E-state index in [2.05, 4.69) is 98.2 Å². The van der Waals surface area contributed by atoms with Gasteiger partial charge in [-0.05, 0) is 151 Å². The van der Waals surface area contributed by atoms with E-state index in [9.17, 15) is 30.6 Å². The first-order valence-electron chi connectivity index (χ1n) is 38.3. The van der Waals surface area contributed by atoms with Crippen molar-refractivity contribution in [2.24, 2.45) is 61.4 Å². The van der Waals surface area contributed by atoms with Crippen LogP contribution in [0.5, 0.6) is 40.2 Å². The maximum atomic E-state index is 10.1. The Bertz CT molecular complexity index is 6640. The Morgan fingerprint density at radius 2 is 0.635 bits per heavy atom. The standard InChI is InChI=1S/C19H19N3O2.3C16H13N3O.C15H9Cl2N3O.C13H9N3OS.3Zn/c1-2-3-13-24-17-9-6-12-20-19(17)22-21-18-15-8-5-4-7-14(15)10-11-16(18)23;3*1-11-5-4-8-15(17-11)18-19-16-13-7-3-2-6-12(13)9-10-14(16)20;16-10-7-12(17)15(18-8-10)20-19-14-11-4-2-1-3-9(11)5-6-13(14)21;17-11-6-5-9-3-1-2-4-10(9)12(11)15-16-13-14-7-8-18-13;;;/h4-12,23H,2-3,13H2,1H3;3*2-10,20H,1H3;1-8,21H;1-8,17H;;;. The number of aromatic hydroxyl groups is 6. The first kappa shape index (κ1) is 94.5. The molecule has 126 heavy (non-hydrogen) atoms. The van der Waals surface area contributed by atoms with Gasteiger partial charge in [-0.15, -0.1) is 72.7 Å². The molecule has 0 bridgehead atoms. The second-order valence-electron chi connectivity index (χ2n) is 26.8. The monoisotopic (exact) mass is 1870 g/mol. The Morgan fingerprint density at radius 3 is 0.944 bits per heavy atom. The predicted octanol–water partition coefficient (Wildman–Crippen LogP) is 29.6. The van der Waals surface area contributed by atoms with Gasteiger partial charge in [-0.3, -0.25) is 0 Å². The Labute approximate surface area is 776 Å². The predicted molar refractivity (Wildman–Crippen MR) is 487 cm³/mol. The van der Waals surface area contributed by atoms with Crippen LogP contribution in [0.25, 0.3) is 64.6 Å². The van der Waals surface area contributed by atoms with E-state index in [0.717, 1.165) is 94.6 Å². The van der Waals surface area contributed by atoms with Crippen LogP contribution in [0.3, 0.4) is 0 Å². The molecule has 0 amide bonds. The number of aromatic nitrogens is 6. The molecule has 0 fully saturated rings. The molecule has 614 valence electrons. The van der Waals surface area contributed by atoms with Crippen molar-refractivity contribution in [3.63, 3.8) is 0 Å². The van der Waals surface area contributed by atoms with Gasteiger partial charge in [0.25, 0.3) is 0 Å². The number of azo groups is 6. The van der Waals surface area contributed by atoms with E-state index in [1.165, 1.54) is 23.6 Å². The number of pyridine rings is 5. The molecule has 0 aliphatic heterocycles. The number of fused-ring (bicyclic) bond motifs is 6. The van der Waals surface area contributed by atoms with Crippen molar-refractivity contribution < 1.29 is 93.8 Å². The summed E-state index contributed by atoms with van der Waals surface area (Å²) in [6.07, 6.45) is 6.77. The SMILES string of the molecule is CCCCOc1cccnc1N=Nc1c(O)ccc2ccccc12.Cc1cccc(N=Nc2c(O)ccc3ccccc23)n1.Cc1cccc(N=Nc2c(O)ccc3ccccc23)n1.Cc1cccc(N=Nc2c(O)ccc3ccccc23)n1.Oc1ccc2ccccc2c1N=Nc1ncc(Cl)cc1Cl.Oc1ccc2ccccc2c1N=Nc1nccs1.[Zn].[Zn].[Zn]. The molecule has 18 rings (SSSR count). The summed E-state index contributed by atoms with van der Waals surface area (Å²) in [4.78, 5) is 25.0. The number of hydrogen-bond donors (Lipinski definition) is 6. The molecule has 18 aromatic rings. The van der Waals surface area contributed by atoms with Crippen LogP contribution >= 0.6 is 34.5 Å². The van der Waals surface area contributed by atoms with E-state index >= 15 is 0 Å². The maximum Gasteiger partial charge on any atom is 0.229 e. The zero-order valence-corrected chi connectivity index (χ0v) is 79.8. The maximum absolute atomic E-state index is 10.1. The van der Waals surface area contributed by atoms with Crippen LogP contribution in [0.2, 0.25) is 10.0 Å². The van der Waals surface area contributed by atoms with Crippen molar-refractivity contribution in [3.8, 4) is 40.2 Å². The largest absolute Gasteiger partial charge is 0.506 e. The molecule has 0 unspecified atom stereocenters. The van der Waals surface area contributed by atoms with E-state index in [1.807, 2.05) is 251 Å². The number of nitrogens with zero attached hydrogens (tertiary/aromatic N) is 18. The second kappa shape index (κ2) is 47.2. The summed E-state index contributed by atoms with van der Waals surface area (Å²) in [5.41, 5.74) is 5.31. The summed E-state index contributed by atoms with van der Waals surface area (Å²) in [5.74, 6) is 3.40. The van der Waals surface area contributed by atoms with Gasteiger partial charge in [0.2, 0.25) is 10.9 Å². The van der Waals surface area contributed by atoms with Gasteiger partial charge in [0.05, 0.1) is 16.7 Å². The molecule has 31 heteroatoms. The molecule has 25 nitrogen and oxygen atoms in total. The van der Waals surface area contributed by atoms with Gasteiger partial charge in [0.15, 0.2) is 29.0 Å². The fraction of sp³-hybridized carbons (Fsp3) is 0.0737. The molecule has 6 heterocycles. The molecule has 0 saturated carbocycles. The smallest absolute Gasteiger partial charge is 0.229 e. The molecule has 0 radical (unpaired) electrons. The fourth-order valence-corrected chi connectivity index (χ4v) is 13.0. The number of ether oxygens (including phenoxy) is 1. The molecular weight excluding hydrogens is 1800 g/mol. The van der Waals surface area contributed by atoms with Gasteiger partial charge >= 0.3 is 0 Å². The van der Waals surface area contributed by atoms with Gasteiger partial charge in [0.1, 0.15) is 68.6 Å². The van der Waals surface area contributed by atoms with Crippen LogP contribution in [-0.2, 0) is 58.4 Å². The molecule has 0 aliphatic rings. The molecule has 6 N–H and O–H groups in total. The summed E-state index contributed by atoms with van der Waals surface area (Å²) in [6.45, 7) is 8.41. The van der Waals surface area contributed by atoms with E-state index in [1.54, 1.807) is 73.1 Å². The number of unbranched alkanes of at least 4 members (excludes halogenated alkanes) is 1. The van der Waals surface area contributed by atoms with Gasteiger partial charge in [-0.25, -0.2) is 29.9 Å². The average molecular weight is 1880 g/mol. The Balaban J connectivity index is 0.000000157. The van der Waals surface area contributed by atoms with Crippen LogP contribution in [-0.4, -0.2) is 67.1 Å². The van der Waals surface area contributed by atoms with Gasteiger partial charge in [-0.2, -0.15) is 0 Å². The van der Waals surface area contributed by atoms with Gasteiger partial charge < -0.3 is 35.4 Å². The van der Waals surface area contributed by atoms with Gasteiger partial charge in [-0.1, -0.05) is 237 Å². The van der Waals surface area contributed by atoms with Crippen LogP contribution in [0, 0.1) is 20.8 Å². The summed E-state index contributed by atoms with van der Waals surface area (Å²) >= 11 is 13.2. The van der Waals surface area contributed by atoms with Crippen LogP contribution in [0.15, 0.2) is 377 Å². The van der Waals surface area contributed by atoms with Crippen molar-refractivity contribution in [2.45, 2.75) is 40.5 Å². The van der Waals surface area contributed by atoms with E-state index < -0.39 is 0 Å². The zero-order chi connectivity index (χ0) is 85.8. The Morgan fingerprint density at radius 1 is 0.317 bits per heavy atom. The Kier molecular flexibility index (Phi) is 35.4. The minimum absolute atomic E-state index is 0. The molecule has 0 spiro atoms.